The molecular formula is C32H30ClF2N3O4. The standard InChI is InChI=1S/C32H30ClF2N3O4/c1-20(39)25-16-37(27-12-11-23(13-24(25)27)42-18-21-7-4-3-5-8-21)17-29(40)38-19-32(2,35)14-28(38)31(41)36-15-22-9-6-10-26(33)30(22)34/h3-13,16,28H,14-15,17-19H2,1-2H3,(H,36,41)/t28-,32+/m0/s1. The molecule has 0 bridgehead atoms. The molecule has 218 valence electrons. The van der Waals surface area contributed by atoms with E-state index in [0.29, 0.717) is 28.8 Å². The quantitative estimate of drug-likeness (QED) is 0.247. The first kappa shape index (κ1) is 29.3. The normalized spacial score (nSPS) is 18.3. The van der Waals surface area contributed by atoms with Gasteiger partial charge in [0.15, 0.2) is 5.78 Å². The average molecular weight is 594 g/mol. The number of aromatic nitrogens is 1. The Morgan fingerprint density at radius 3 is 2.60 bits per heavy atom. The smallest absolute Gasteiger partial charge is 0.243 e. The van der Waals surface area contributed by atoms with E-state index in [0.717, 1.165) is 5.56 Å². The summed E-state index contributed by atoms with van der Waals surface area (Å²) in [6.07, 6.45) is 1.39. The van der Waals surface area contributed by atoms with Gasteiger partial charge in [-0.2, -0.15) is 0 Å². The van der Waals surface area contributed by atoms with Gasteiger partial charge < -0.3 is 19.5 Å². The lowest BCUT2D eigenvalue weighted by Crippen LogP contribution is -2.46. The van der Waals surface area contributed by atoms with Gasteiger partial charge >= 0.3 is 0 Å². The van der Waals surface area contributed by atoms with E-state index in [-0.39, 0.29) is 42.4 Å². The number of ketones is 1. The maximum atomic E-state index is 15.1. The maximum absolute atomic E-state index is 15.1. The van der Waals surface area contributed by atoms with Gasteiger partial charge in [0, 0.05) is 41.2 Å². The minimum atomic E-state index is -1.78. The molecule has 2 amide bonds. The first-order chi connectivity index (χ1) is 20.0. The van der Waals surface area contributed by atoms with Crippen molar-refractivity contribution in [1.29, 1.82) is 0 Å². The Bertz CT molecular complexity index is 1650. The van der Waals surface area contributed by atoms with Gasteiger partial charge in [-0.3, -0.25) is 14.4 Å². The lowest BCUT2D eigenvalue weighted by Gasteiger charge is -2.24. The minimum absolute atomic E-state index is 0.0745. The van der Waals surface area contributed by atoms with Gasteiger partial charge in [0.25, 0.3) is 0 Å². The number of alkyl halides is 1. The van der Waals surface area contributed by atoms with Gasteiger partial charge in [0.2, 0.25) is 11.8 Å². The van der Waals surface area contributed by atoms with E-state index >= 15 is 4.39 Å². The molecule has 1 aromatic heterocycles. The predicted molar refractivity (Wildman–Crippen MR) is 156 cm³/mol. The van der Waals surface area contributed by atoms with Crippen LogP contribution in [0.5, 0.6) is 5.75 Å². The Morgan fingerprint density at radius 2 is 1.86 bits per heavy atom. The summed E-state index contributed by atoms with van der Waals surface area (Å²) in [6.45, 7) is 2.49. The van der Waals surface area contributed by atoms with Gasteiger partial charge in [-0.1, -0.05) is 54.1 Å². The molecule has 2 atom stereocenters. The Balaban J connectivity index is 1.33. The highest BCUT2D eigenvalue weighted by molar-refractivity contribution is 6.30. The van der Waals surface area contributed by atoms with E-state index in [1.807, 2.05) is 30.3 Å². The Morgan fingerprint density at radius 1 is 1.10 bits per heavy atom. The van der Waals surface area contributed by atoms with Crippen molar-refractivity contribution in [3.8, 4) is 5.75 Å². The number of hydrogen-bond acceptors (Lipinski definition) is 4. The van der Waals surface area contributed by atoms with Crippen molar-refractivity contribution in [3.63, 3.8) is 0 Å². The summed E-state index contributed by atoms with van der Waals surface area (Å²) in [5.74, 6) is -1.34. The van der Waals surface area contributed by atoms with E-state index in [9.17, 15) is 18.8 Å². The SMILES string of the molecule is CC(=O)c1cn(CC(=O)N2C[C@](C)(F)C[C@H]2C(=O)NCc2cccc(Cl)c2F)c2ccc(OCc3ccccc3)cc12. The molecule has 1 fully saturated rings. The molecular weight excluding hydrogens is 564 g/mol. The number of carbonyl (C=O) groups excluding carboxylic acids is 3. The lowest BCUT2D eigenvalue weighted by atomic mass is 10.0. The number of halogens is 3. The highest BCUT2D eigenvalue weighted by Gasteiger charge is 2.46. The summed E-state index contributed by atoms with van der Waals surface area (Å²) in [6, 6.07) is 18.3. The van der Waals surface area contributed by atoms with E-state index in [1.54, 1.807) is 35.0 Å². The molecule has 0 radical (unpaired) electrons. The summed E-state index contributed by atoms with van der Waals surface area (Å²) in [5, 5.41) is 3.16. The molecule has 0 unspecified atom stereocenters. The fourth-order valence-electron chi connectivity index (χ4n) is 5.28. The zero-order chi connectivity index (χ0) is 30.0. The molecule has 1 aliphatic heterocycles. The Kier molecular flexibility index (Phi) is 8.31. The molecule has 1 N–H and O–H groups in total. The predicted octanol–water partition coefficient (Wildman–Crippen LogP) is 5.86. The van der Waals surface area contributed by atoms with Crippen molar-refractivity contribution in [2.45, 2.75) is 51.7 Å². The second-order valence-corrected chi connectivity index (χ2v) is 11.2. The van der Waals surface area contributed by atoms with Crippen LogP contribution in [0, 0.1) is 5.82 Å². The van der Waals surface area contributed by atoms with Crippen molar-refractivity contribution in [2.24, 2.45) is 0 Å². The van der Waals surface area contributed by atoms with Crippen LogP contribution < -0.4 is 10.1 Å². The molecule has 0 spiro atoms. The van der Waals surface area contributed by atoms with E-state index in [1.165, 1.54) is 30.9 Å². The minimum Gasteiger partial charge on any atom is -0.489 e. The lowest BCUT2D eigenvalue weighted by molar-refractivity contribution is -0.139. The van der Waals surface area contributed by atoms with Gasteiger partial charge in [-0.25, -0.2) is 8.78 Å². The monoisotopic (exact) mass is 593 g/mol. The molecule has 0 aliphatic carbocycles. The summed E-state index contributed by atoms with van der Waals surface area (Å²) >= 11 is 5.83. The number of carbonyl (C=O) groups is 3. The van der Waals surface area contributed by atoms with Crippen LogP contribution in [-0.4, -0.2) is 45.3 Å². The maximum Gasteiger partial charge on any atom is 0.243 e. The molecule has 1 aliphatic rings. The van der Waals surface area contributed by atoms with Crippen LogP contribution in [0.25, 0.3) is 10.9 Å². The number of nitrogens with one attached hydrogen (secondary N) is 1. The Hall–Kier alpha value is -4.24. The topological polar surface area (TPSA) is 80.6 Å². The molecule has 0 saturated carbocycles. The molecule has 4 aromatic rings. The molecule has 5 rings (SSSR count). The fraction of sp³-hybridized carbons (Fsp3) is 0.281. The molecule has 7 nitrogen and oxygen atoms in total. The fourth-order valence-corrected chi connectivity index (χ4v) is 5.47. The van der Waals surface area contributed by atoms with E-state index < -0.39 is 29.3 Å². The average Bonchev–Trinajstić information content (AvgIpc) is 3.49. The van der Waals surface area contributed by atoms with Crippen molar-refractivity contribution < 1.29 is 27.9 Å². The molecule has 3 aromatic carbocycles. The highest BCUT2D eigenvalue weighted by atomic mass is 35.5. The third-order valence-corrected chi connectivity index (χ3v) is 7.68. The van der Waals surface area contributed by atoms with Crippen LogP contribution in [0.15, 0.2) is 72.9 Å². The number of benzene rings is 3. The summed E-state index contributed by atoms with van der Waals surface area (Å²) in [5.41, 5.74) is 0.428. The number of Topliss-reactive ketones (excluding diaryl/α,β-unsaturated/α-hetero) is 1. The van der Waals surface area contributed by atoms with Gasteiger partial charge in [0.05, 0.1) is 11.6 Å². The number of amides is 2. The zero-order valence-electron chi connectivity index (χ0n) is 23.2. The van der Waals surface area contributed by atoms with Crippen molar-refractivity contribution in [3.05, 3.63) is 100 Å². The first-order valence-electron chi connectivity index (χ1n) is 13.5. The molecule has 10 heteroatoms. The second kappa shape index (κ2) is 11.9. The number of hydrogen-bond donors (Lipinski definition) is 1. The van der Waals surface area contributed by atoms with Crippen LogP contribution in [0.3, 0.4) is 0 Å². The van der Waals surface area contributed by atoms with Gasteiger partial charge in [-0.15, -0.1) is 0 Å². The van der Waals surface area contributed by atoms with Gasteiger partial charge in [-0.05, 0) is 43.7 Å². The third kappa shape index (κ3) is 6.31. The van der Waals surface area contributed by atoms with E-state index in [4.69, 9.17) is 16.3 Å². The summed E-state index contributed by atoms with van der Waals surface area (Å²) < 4.78 is 37.0. The van der Waals surface area contributed by atoms with Crippen molar-refractivity contribution in [1.82, 2.24) is 14.8 Å². The second-order valence-electron chi connectivity index (χ2n) is 10.8. The molecule has 2 heterocycles. The first-order valence-corrected chi connectivity index (χ1v) is 13.9. The van der Waals surface area contributed by atoms with Crippen molar-refractivity contribution in [2.75, 3.05) is 6.54 Å². The number of ether oxygens (including phenoxy) is 1. The third-order valence-electron chi connectivity index (χ3n) is 7.39. The van der Waals surface area contributed by atoms with Crippen LogP contribution >= 0.6 is 11.6 Å². The number of rotatable bonds is 9. The number of likely N-dealkylation sites (tertiary alicyclic amines) is 1. The van der Waals surface area contributed by atoms with Crippen LogP contribution in [0.4, 0.5) is 8.78 Å². The molecule has 42 heavy (non-hydrogen) atoms. The molecule has 1 saturated heterocycles. The van der Waals surface area contributed by atoms with Crippen molar-refractivity contribution >= 4 is 40.1 Å². The highest BCUT2D eigenvalue weighted by Crippen LogP contribution is 2.32. The zero-order valence-corrected chi connectivity index (χ0v) is 24.0. The number of nitrogens with zero attached hydrogens (tertiary/aromatic N) is 2. The van der Waals surface area contributed by atoms with Crippen LogP contribution in [-0.2, 0) is 29.3 Å². The van der Waals surface area contributed by atoms with Gasteiger partial charge in [0.1, 0.15) is 36.4 Å². The van der Waals surface area contributed by atoms with Crippen LogP contribution in [0.2, 0.25) is 5.02 Å². The summed E-state index contributed by atoms with van der Waals surface area (Å²) in [7, 11) is 0. The number of fused-ring (bicyclic) bond motifs is 1. The Labute approximate surface area is 247 Å². The largest absolute Gasteiger partial charge is 0.489 e. The van der Waals surface area contributed by atoms with E-state index in [2.05, 4.69) is 5.32 Å². The van der Waals surface area contributed by atoms with Crippen LogP contribution in [0.1, 0.15) is 41.8 Å². The summed E-state index contributed by atoms with van der Waals surface area (Å²) in [4.78, 5) is 40.3.